The number of rotatable bonds is 9. The smallest absolute Gasteiger partial charge is 0.331 e. The highest BCUT2D eigenvalue weighted by Crippen LogP contribution is 2.29. The first-order valence-corrected chi connectivity index (χ1v) is 11.7. The number of pyridine rings is 1. The van der Waals surface area contributed by atoms with Crippen LogP contribution >= 0.6 is 0 Å². The summed E-state index contributed by atoms with van der Waals surface area (Å²) in [6, 6.07) is 9.10. The summed E-state index contributed by atoms with van der Waals surface area (Å²) in [5.41, 5.74) is 2.17. The molecule has 11 heteroatoms. The SMILES string of the molecule is CNC(=O)c1ccc(C(C)CNc2cc(-c3cnc4c(cnn4C(C)(C)C(=O)O)c3)ncn2)c(OC)c1. The Bertz CT molecular complexity index is 1460. The highest BCUT2D eigenvalue weighted by Gasteiger charge is 2.32. The molecule has 1 unspecified atom stereocenters. The van der Waals surface area contributed by atoms with E-state index in [9.17, 15) is 14.7 Å². The zero-order valence-electron chi connectivity index (χ0n) is 21.3. The predicted octanol–water partition coefficient (Wildman–Crippen LogP) is 3.29. The third kappa shape index (κ3) is 5.06. The number of nitrogens with one attached hydrogen (secondary N) is 2. The quantitative estimate of drug-likeness (QED) is 0.313. The van der Waals surface area contributed by atoms with Crippen molar-refractivity contribution >= 4 is 28.7 Å². The molecule has 0 saturated heterocycles. The monoisotopic (exact) mass is 503 g/mol. The topological polar surface area (TPSA) is 144 Å². The van der Waals surface area contributed by atoms with Crippen LogP contribution in [0.25, 0.3) is 22.3 Å². The first-order chi connectivity index (χ1) is 17.6. The maximum absolute atomic E-state index is 11.9. The van der Waals surface area contributed by atoms with Gasteiger partial charge in [0, 0.05) is 48.3 Å². The Balaban J connectivity index is 1.52. The van der Waals surface area contributed by atoms with Gasteiger partial charge in [-0.2, -0.15) is 5.10 Å². The van der Waals surface area contributed by atoms with Gasteiger partial charge in [-0.05, 0) is 37.6 Å². The number of carboxylic acid groups (broad SMARTS) is 1. The molecule has 37 heavy (non-hydrogen) atoms. The third-order valence-corrected chi connectivity index (χ3v) is 6.27. The molecule has 0 aliphatic heterocycles. The molecule has 0 spiro atoms. The summed E-state index contributed by atoms with van der Waals surface area (Å²) >= 11 is 0. The number of amides is 1. The molecule has 0 fully saturated rings. The van der Waals surface area contributed by atoms with E-state index in [2.05, 4.69) is 37.6 Å². The summed E-state index contributed by atoms with van der Waals surface area (Å²) in [5, 5.41) is 20.4. The molecule has 0 saturated carbocycles. The Morgan fingerprint density at radius 1 is 1.14 bits per heavy atom. The fourth-order valence-corrected chi connectivity index (χ4v) is 3.94. The van der Waals surface area contributed by atoms with Crippen LogP contribution < -0.4 is 15.4 Å². The second-order valence-corrected chi connectivity index (χ2v) is 9.16. The number of methoxy groups -OCH3 is 1. The van der Waals surface area contributed by atoms with Gasteiger partial charge in [0.25, 0.3) is 5.91 Å². The number of fused-ring (bicyclic) bond motifs is 1. The number of carboxylic acids is 1. The van der Waals surface area contributed by atoms with Gasteiger partial charge in [-0.1, -0.05) is 13.0 Å². The number of hydrogen-bond acceptors (Lipinski definition) is 8. The molecule has 0 bridgehead atoms. The summed E-state index contributed by atoms with van der Waals surface area (Å²) in [6.45, 7) is 5.78. The van der Waals surface area contributed by atoms with Gasteiger partial charge in [0.15, 0.2) is 11.2 Å². The molecule has 192 valence electrons. The highest BCUT2D eigenvalue weighted by molar-refractivity contribution is 5.94. The lowest BCUT2D eigenvalue weighted by molar-refractivity contribution is -0.146. The van der Waals surface area contributed by atoms with Gasteiger partial charge in [0.2, 0.25) is 0 Å². The van der Waals surface area contributed by atoms with Crippen LogP contribution in [0.3, 0.4) is 0 Å². The average molecular weight is 504 g/mol. The van der Waals surface area contributed by atoms with Crippen molar-refractivity contribution in [1.29, 1.82) is 0 Å². The Labute approximate surface area is 213 Å². The van der Waals surface area contributed by atoms with E-state index in [1.165, 1.54) is 11.0 Å². The number of benzene rings is 1. The van der Waals surface area contributed by atoms with Gasteiger partial charge >= 0.3 is 5.97 Å². The van der Waals surface area contributed by atoms with E-state index in [1.807, 2.05) is 18.2 Å². The molecule has 4 rings (SSSR count). The van der Waals surface area contributed by atoms with E-state index < -0.39 is 11.5 Å². The predicted molar refractivity (Wildman–Crippen MR) is 139 cm³/mol. The minimum Gasteiger partial charge on any atom is -0.496 e. The van der Waals surface area contributed by atoms with Gasteiger partial charge in [-0.25, -0.2) is 24.4 Å². The first kappa shape index (κ1) is 25.5. The molecular weight excluding hydrogens is 474 g/mol. The number of anilines is 1. The van der Waals surface area contributed by atoms with Crippen molar-refractivity contribution in [2.45, 2.75) is 32.2 Å². The lowest BCUT2D eigenvalue weighted by Gasteiger charge is -2.20. The molecule has 3 heterocycles. The zero-order chi connectivity index (χ0) is 26.7. The largest absolute Gasteiger partial charge is 0.496 e. The second-order valence-electron chi connectivity index (χ2n) is 9.16. The highest BCUT2D eigenvalue weighted by atomic mass is 16.5. The molecule has 1 amide bonds. The van der Waals surface area contributed by atoms with Crippen LogP contribution in [0.4, 0.5) is 5.82 Å². The molecular formula is C26H29N7O4. The molecule has 11 nitrogen and oxygen atoms in total. The molecule has 0 radical (unpaired) electrons. The van der Waals surface area contributed by atoms with E-state index in [0.717, 1.165) is 11.1 Å². The fraction of sp³-hybridized carbons (Fsp3) is 0.308. The van der Waals surface area contributed by atoms with Gasteiger partial charge < -0.3 is 20.5 Å². The standard InChI is InChI=1S/C26H29N7O4/c1-15(19-7-6-16(24(34)27-4)9-21(19)37-5)11-28-22-10-20(30-14-31-22)17-8-18-13-32-33(23(18)29-12-17)26(2,3)25(35)36/h6-10,12-15H,11H2,1-5H3,(H,27,34)(H,35,36)(H,28,30,31). The zero-order valence-corrected chi connectivity index (χ0v) is 21.3. The number of carbonyl (C=O) groups is 2. The molecule has 3 N–H and O–H groups in total. The third-order valence-electron chi connectivity index (χ3n) is 6.27. The van der Waals surface area contributed by atoms with E-state index >= 15 is 0 Å². The van der Waals surface area contributed by atoms with Crippen LogP contribution in [0.2, 0.25) is 0 Å². The summed E-state index contributed by atoms with van der Waals surface area (Å²) in [5.74, 6) is 0.179. The number of hydrogen-bond donors (Lipinski definition) is 3. The van der Waals surface area contributed by atoms with Crippen molar-refractivity contribution in [2.75, 3.05) is 26.0 Å². The van der Waals surface area contributed by atoms with Crippen molar-refractivity contribution in [3.63, 3.8) is 0 Å². The number of ether oxygens (including phenoxy) is 1. The fourth-order valence-electron chi connectivity index (χ4n) is 3.94. The number of aliphatic carboxylic acids is 1. The summed E-state index contributed by atoms with van der Waals surface area (Å²) in [6.07, 6.45) is 4.72. The van der Waals surface area contributed by atoms with Crippen LogP contribution in [0.1, 0.15) is 42.6 Å². The van der Waals surface area contributed by atoms with Gasteiger partial charge in [-0.3, -0.25) is 4.79 Å². The van der Waals surface area contributed by atoms with Crippen LogP contribution in [0, 0.1) is 0 Å². The maximum Gasteiger partial charge on any atom is 0.331 e. The van der Waals surface area contributed by atoms with Crippen LogP contribution in [-0.4, -0.2) is 62.4 Å². The molecule has 3 aromatic heterocycles. The van der Waals surface area contributed by atoms with Crippen molar-refractivity contribution in [1.82, 2.24) is 30.0 Å². The van der Waals surface area contributed by atoms with Crippen molar-refractivity contribution in [2.24, 2.45) is 0 Å². The number of carbonyl (C=O) groups excluding carboxylic acids is 1. The average Bonchev–Trinajstić information content (AvgIpc) is 3.35. The van der Waals surface area contributed by atoms with Gasteiger partial charge in [0.05, 0.1) is 19.0 Å². The maximum atomic E-state index is 11.9. The van der Waals surface area contributed by atoms with E-state index in [1.54, 1.807) is 52.5 Å². The van der Waals surface area contributed by atoms with E-state index in [0.29, 0.717) is 40.4 Å². The van der Waals surface area contributed by atoms with Gasteiger partial charge in [0.1, 0.15) is 17.9 Å². The number of nitrogens with zero attached hydrogens (tertiary/aromatic N) is 5. The molecule has 1 atom stereocenters. The Morgan fingerprint density at radius 3 is 2.62 bits per heavy atom. The number of aromatic nitrogens is 5. The first-order valence-electron chi connectivity index (χ1n) is 11.7. The van der Waals surface area contributed by atoms with Crippen LogP contribution in [-0.2, 0) is 10.3 Å². The van der Waals surface area contributed by atoms with E-state index in [4.69, 9.17) is 4.74 Å². The second kappa shape index (κ2) is 10.2. The summed E-state index contributed by atoms with van der Waals surface area (Å²) < 4.78 is 6.92. The minimum absolute atomic E-state index is 0.0635. The lowest BCUT2D eigenvalue weighted by Crippen LogP contribution is -2.36. The van der Waals surface area contributed by atoms with Crippen molar-refractivity contribution in [3.05, 3.63) is 60.2 Å². The summed E-state index contributed by atoms with van der Waals surface area (Å²) in [7, 11) is 3.17. The van der Waals surface area contributed by atoms with Gasteiger partial charge in [-0.15, -0.1) is 0 Å². The Hall–Kier alpha value is -4.54. The van der Waals surface area contributed by atoms with E-state index in [-0.39, 0.29) is 11.8 Å². The van der Waals surface area contributed by atoms with Crippen LogP contribution in [0.15, 0.2) is 49.1 Å². The molecule has 0 aliphatic rings. The lowest BCUT2D eigenvalue weighted by atomic mass is 9.98. The Morgan fingerprint density at radius 2 is 1.92 bits per heavy atom. The normalized spacial score (nSPS) is 12.2. The Kier molecular flexibility index (Phi) is 7.05. The summed E-state index contributed by atoms with van der Waals surface area (Å²) in [4.78, 5) is 36.8. The van der Waals surface area contributed by atoms with Crippen molar-refractivity contribution < 1.29 is 19.4 Å². The molecule has 0 aliphatic carbocycles. The molecule has 1 aromatic carbocycles. The molecule has 4 aromatic rings. The van der Waals surface area contributed by atoms with Crippen molar-refractivity contribution in [3.8, 4) is 17.0 Å². The van der Waals surface area contributed by atoms with Crippen LogP contribution in [0.5, 0.6) is 5.75 Å². The minimum atomic E-state index is -1.23.